The number of amides is 3. The highest BCUT2D eigenvalue weighted by atomic mass is 16.2. The Morgan fingerprint density at radius 3 is 2.56 bits per heavy atom. The molecular weight excluding hydrogens is 318 g/mol. The normalized spacial score (nSPS) is 17.7. The van der Waals surface area contributed by atoms with Crippen molar-refractivity contribution in [3.8, 4) is 0 Å². The maximum absolute atomic E-state index is 12.3. The van der Waals surface area contributed by atoms with Gasteiger partial charge < -0.3 is 10.2 Å². The molecule has 25 heavy (non-hydrogen) atoms. The fourth-order valence-electron chi connectivity index (χ4n) is 3.46. The molecule has 0 radical (unpaired) electrons. The van der Waals surface area contributed by atoms with E-state index in [0.29, 0.717) is 17.7 Å². The van der Waals surface area contributed by atoms with Gasteiger partial charge in [0.25, 0.3) is 11.8 Å². The number of imide groups is 1. The Hall–Kier alpha value is -2.21. The number of likely N-dealkylation sites (tertiary alicyclic amines) is 1. The summed E-state index contributed by atoms with van der Waals surface area (Å²) in [5.74, 6) is -1.06. The van der Waals surface area contributed by atoms with Gasteiger partial charge in [-0.2, -0.15) is 0 Å². The monoisotopic (exact) mass is 343 g/mol. The third kappa shape index (κ3) is 4.07. The summed E-state index contributed by atoms with van der Waals surface area (Å²) in [7, 11) is 0. The predicted octanol–water partition coefficient (Wildman–Crippen LogP) is 1.58. The number of nitrogens with one attached hydrogen (secondary N) is 1. The fraction of sp³-hybridized carbons (Fsp3) is 0.526. The zero-order valence-corrected chi connectivity index (χ0v) is 14.7. The number of hydrogen-bond donors (Lipinski definition) is 1. The summed E-state index contributed by atoms with van der Waals surface area (Å²) >= 11 is 0. The molecule has 1 N–H and O–H groups in total. The number of aryl methyl sites for hydroxylation is 1. The van der Waals surface area contributed by atoms with E-state index >= 15 is 0 Å². The van der Waals surface area contributed by atoms with Crippen molar-refractivity contribution >= 4 is 17.7 Å². The minimum atomic E-state index is -0.386. The molecule has 0 saturated carbocycles. The van der Waals surface area contributed by atoms with Crippen molar-refractivity contribution in [2.24, 2.45) is 0 Å². The average molecular weight is 343 g/mol. The first kappa shape index (κ1) is 17.6. The van der Waals surface area contributed by atoms with Gasteiger partial charge in [0.2, 0.25) is 5.91 Å². The number of piperidine rings is 1. The van der Waals surface area contributed by atoms with E-state index in [1.54, 1.807) is 18.2 Å². The first-order valence-electron chi connectivity index (χ1n) is 9.02. The van der Waals surface area contributed by atoms with Crippen LogP contribution in [-0.2, 0) is 4.79 Å². The Morgan fingerprint density at radius 1 is 1.08 bits per heavy atom. The van der Waals surface area contributed by atoms with Crippen molar-refractivity contribution < 1.29 is 14.4 Å². The number of benzene rings is 1. The Balaban J connectivity index is 1.45. The lowest BCUT2D eigenvalue weighted by Gasteiger charge is -2.26. The van der Waals surface area contributed by atoms with Gasteiger partial charge in [0.15, 0.2) is 0 Å². The molecule has 0 aliphatic carbocycles. The van der Waals surface area contributed by atoms with E-state index in [0.717, 1.165) is 36.5 Å². The van der Waals surface area contributed by atoms with E-state index in [-0.39, 0.29) is 24.3 Å². The summed E-state index contributed by atoms with van der Waals surface area (Å²) in [5, 5.41) is 2.82. The Bertz CT molecular complexity index is 680. The Morgan fingerprint density at radius 2 is 1.80 bits per heavy atom. The van der Waals surface area contributed by atoms with Crippen LogP contribution in [0.3, 0.4) is 0 Å². The van der Waals surface area contributed by atoms with E-state index in [4.69, 9.17) is 0 Å². The van der Waals surface area contributed by atoms with Crippen LogP contribution in [0.25, 0.3) is 0 Å². The third-order valence-electron chi connectivity index (χ3n) is 4.85. The first-order valence-corrected chi connectivity index (χ1v) is 9.02. The van der Waals surface area contributed by atoms with E-state index < -0.39 is 0 Å². The van der Waals surface area contributed by atoms with E-state index in [1.807, 2.05) is 6.92 Å². The standard InChI is InChI=1S/C19H25N3O3/c1-14-6-7-15-16(12-14)19(25)22(18(15)24)13-17(23)20-8-5-11-21-9-3-2-4-10-21/h6-7,12H,2-5,8-11,13H2,1H3,(H,20,23). The minimum absolute atomic E-state index is 0.213. The van der Waals surface area contributed by atoms with Crippen LogP contribution >= 0.6 is 0 Å². The van der Waals surface area contributed by atoms with Gasteiger partial charge in [0.1, 0.15) is 6.54 Å². The van der Waals surface area contributed by atoms with Crippen molar-refractivity contribution in [3.63, 3.8) is 0 Å². The SMILES string of the molecule is Cc1ccc2c(c1)C(=O)N(CC(=O)NCCCN1CCCCC1)C2=O. The highest BCUT2D eigenvalue weighted by molar-refractivity contribution is 6.22. The molecule has 2 aliphatic heterocycles. The second-order valence-corrected chi connectivity index (χ2v) is 6.85. The molecule has 6 nitrogen and oxygen atoms in total. The van der Waals surface area contributed by atoms with E-state index in [1.165, 1.54) is 19.3 Å². The van der Waals surface area contributed by atoms with Crippen LogP contribution in [0.4, 0.5) is 0 Å². The lowest BCUT2D eigenvalue weighted by atomic mass is 10.1. The van der Waals surface area contributed by atoms with Gasteiger partial charge in [-0.1, -0.05) is 18.1 Å². The van der Waals surface area contributed by atoms with Crippen molar-refractivity contribution in [2.45, 2.75) is 32.6 Å². The van der Waals surface area contributed by atoms with Crippen molar-refractivity contribution in [1.82, 2.24) is 15.1 Å². The van der Waals surface area contributed by atoms with Crippen LogP contribution < -0.4 is 5.32 Å². The molecule has 1 aromatic carbocycles. The predicted molar refractivity (Wildman–Crippen MR) is 94.5 cm³/mol. The number of carbonyl (C=O) groups excluding carboxylic acids is 3. The number of fused-ring (bicyclic) bond motifs is 1. The van der Waals surface area contributed by atoms with Crippen LogP contribution in [0.15, 0.2) is 18.2 Å². The summed E-state index contributed by atoms with van der Waals surface area (Å²) in [4.78, 5) is 40.2. The summed E-state index contributed by atoms with van der Waals surface area (Å²) in [5.41, 5.74) is 1.69. The lowest BCUT2D eigenvalue weighted by Crippen LogP contribution is -2.41. The van der Waals surface area contributed by atoms with Crippen molar-refractivity contribution in [2.75, 3.05) is 32.7 Å². The van der Waals surface area contributed by atoms with Gasteiger partial charge >= 0.3 is 0 Å². The fourth-order valence-corrected chi connectivity index (χ4v) is 3.46. The topological polar surface area (TPSA) is 69.7 Å². The minimum Gasteiger partial charge on any atom is -0.354 e. The zero-order valence-electron chi connectivity index (χ0n) is 14.7. The maximum Gasteiger partial charge on any atom is 0.262 e. The third-order valence-corrected chi connectivity index (χ3v) is 4.85. The molecule has 0 unspecified atom stereocenters. The highest BCUT2D eigenvalue weighted by Gasteiger charge is 2.36. The van der Waals surface area contributed by atoms with E-state index in [9.17, 15) is 14.4 Å². The summed E-state index contributed by atoms with van der Waals surface area (Å²) in [6, 6.07) is 5.15. The van der Waals surface area contributed by atoms with Gasteiger partial charge in [-0.25, -0.2) is 0 Å². The molecule has 2 aliphatic rings. The molecule has 0 atom stereocenters. The molecule has 3 rings (SSSR count). The van der Waals surface area contributed by atoms with Crippen LogP contribution in [0, 0.1) is 6.92 Å². The van der Waals surface area contributed by atoms with Crippen molar-refractivity contribution in [1.29, 1.82) is 0 Å². The second-order valence-electron chi connectivity index (χ2n) is 6.85. The molecule has 2 heterocycles. The van der Waals surface area contributed by atoms with Crippen LogP contribution in [0.5, 0.6) is 0 Å². The van der Waals surface area contributed by atoms with Gasteiger partial charge in [0, 0.05) is 6.54 Å². The number of carbonyl (C=O) groups is 3. The molecule has 1 saturated heterocycles. The van der Waals surface area contributed by atoms with Gasteiger partial charge in [-0.3, -0.25) is 19.3 Å². The Kier molecular flexibility index (Phi) is 5.48. The summed E-state index contributed by atoms with van der Waals surface area (Å²) < 4.78 is 0. The average Bonchev–Trinajstić information content (AvgIpc) is 2.84. The van der Waals surface area contributed by atoms with Gasteiger partial charge in [-0.15, -0.1) is 0 Å². The molecule has 0 spiro atoms. The molecule has 6 heteroatoms. The maximum atomic E-state index is 12.3. The smallest absolute Gasteiger partial charge is 0.262 e. The molecular formula is C19H25N3O3. The lowest BCUT2D eigenvalue weighted by molar-refractivity contribution is -0.121. The van der Waals surface area contributed by atoms with Crippen LogP contribution in [0.2, 0.25) is 0 Å². The number of rotatable bonds is 6. The van der Waals surface area contributed by atoms with Gasteiger partial charge in [-0.05, 0) is 58.0 Å². The quantitative estimate of drug-likeness (QED) is 0.629. The molecule has 134 valence electrons. The first-order chi connectivity index (χ1) is 12.1. The number of hydrogen-bond acceptors (Lipinski definition) is 4. The highest BCUT2D eigenvalue weighted by Crippen LogP contribution is 2.23. The van der Waals surface area contributed by atoms with Crippen molar-refractivity contribution in [3.05, 3.63) is 34.9 Å². The van der Waals surface area contributed by atoms with E-state index in [2.05, 4.69) is 10.2 Å². The molecule has 3 amide bonds. The largest absolute Gasteiger partial charge is 0.354 e. The zero-order chi connectivity index (χ0) is 17.8. The van der Waals surface area contributed by atoms with Crippen LogP contribution in [0.1, 0.15) is 52.0 Å². The summed E-state index contributed by atoms with van der Waals surface area (Å²) in [6.07, 6.45) is 4.71. The molecule has 1 fully saturated rings. The molecule has 1 aromatic rings. The second kappa shape index (κ2) is 7.78. The van der Waals surface area contributed by atoms with Gasteiger partial charge in [0.05, 0.1) is 11.1 Å². The molecule has 0 bridgehead atoms. The number of nitrogens with zero attached hydrogens (tertiary/aromatic N) is 2. The molecule has 0 aromatic heterocycles. The Labute approximate surface area is 148 Å². The summed E-state index contributed by atoms with van der Waals surface area (Å²) in [6.45, 7) is 5.49. The van der Waals surface area contributed by atoms with Crippen LogP contribution in [-0.4, -0.2) is 60.2 Å².